The molecule has 0 aliphatic carbocycles. The lowest BCUT2D eigenvalue weighted by atomic mass is 10.2. The Hall–Kier alpha value is -2.84. The molecule has 1 heterocycles. The lowest BCUT2D eigenvalue weighted by Crippen LogP contribution is -2.22. The van der Waals surface area contributed by atoms with E-state index in [1.165, 1.54) is 17.3 Å². The molecule has 29 heavy (non-hydrogen) atoms. The monoisotopic (exact) mass is 426 g/mol. The predicted octanol–water partition coefficient (Wildman–Crippen LogP) is 5.22. The third-order valence-electron chi connectivity index (χ3n) is 3.96. The molecule has 0 aliphatic heterocycles. The molecule has 1 atom stereocenters. The summed E-state index contributed by atoms with van der Waals surface area (Å²) >= 11 is 6.84. The van der Waals surface area contributed by atoms with Crippen LogP contribution in [0, 0.1) is 13.8 Å². The molecule has 0 spiro atoms. The van der Waals surface area contributed by atoms with Crippen LogP contribution in [0.2, 0.25) is 0 Å². The maximum absolute atomic E-state index is 12.4. The van der Waals surface area contributed by atoms with Gasteiger partial charge in [-0.3, -0.25) is 4.79 Å². The van der Waals surface area contributed by atoms with Crippen LogP contribution in [0.25, 0.3) is 0 Å². The van der Waals surface area contributed by atoms with Crippen molar-refractivity contribution in [3.8, 4) is 0 Å². The zero-order chi connectivity index (χ0) is 20.8. The molecule has 2 aromatic carbocycles. The second-order valence-electron chi connectivity index (χ2n) is 6.55. The summed E-state index contributed by atoms with van der Waals surface area (Å²) in [7, 11) is 0. The van der Waals surface area contributed by atoms with Gasteiger partial charge in [-0.25, -0.2) is 0 Å². The first-order valence-corrected chi connectivity index (χ1v) is 10.3. The van der Waals surface area contributed by atoms with Crippen LogP contribution < -0.4 is 16.0 Å². The Morgan fingerprint density at radius 3 is 2.45 bits per heavy atom. The van der Waals surface area contributed by atoms with E-state index >= 15 is 0 Å². The van der Waals surface area contributed by atoms with Gasteiger partial charge in [-0.05, 0) is 63.3 Å². The van der Waals surface area contributed by atoms with Gasteiger partial charge in [0.05, 0.1) is 5.25 Å². The molecule has 1 amide bonds. The number of carbonyl (C=O) groups is 1. The molecule has 0 radical (unpaired) electrons. The van der Waals surface area contributed by atoms with Gasteiger partial charge in [-0.1, -0.05) is 28.9 Å². The fourth-order valence-electron chi connectivity index (χ4n) is 2.49. The molecule has 150 valence electrons. The number of rotatable bonds is 6. The minimum Gasteiger partial charge on any atom is -0.360 e. The number of hydrogen-bond donors (Lipinski definition) is 3. The van der Waals surface area contributed by atoms with Crippen LogP contribution in [0.5, 0.6) is 0 Å². The number of amides is 1. The van der Waals surface area contributed by atoms with Crippen molar-refractivity contribution >= 4 is 52.2 Å². The fourth-order valence-corrected chi connectivity index (χ4v) is 3.65. The SMILES string of the molecule is Cc1ccc(NC(=S)Nc2cccc(SC(C)C(=O)Nc3cc(C)on3)c2)cc1. The molecule has 0 fully saturated rings. The minimum atomic E-state index is -0.306. The number of carbonyl (C=O) groups excluding carboxylic acids is 1. The van der Waals surface area contributed by atoms with E-state index < -0.39 is 0 Å². The van der Waals surface area contributed by atoms with Crippen molar-refractivity contribution in [2.45, 2.75) is 30.9 Å². The average molecular weight is 427 g/mol. The van der Waals surface area contributed by atoms with Crippen molar-refractivity contribution < 1.29 is 9.32 Å². The summed E-state index contributed by atoms with van der Waals surface area (Å²) in [5, 5.41) is 13.1. The van der Waals surface area contributed by atoms with Gasteiger partial charge in [-0.15, -0.1) is 11.8 Å². The first-order valence-electron chi connectivity index (χ1n) is 9.04. The van der Waals surface area contributed by atoms with E-state index in [-0.39, 0.29) is 11.2 Å². The molecule has 0 saturated carbocycles. The molecular weight excluding hydrogens is 404 g/mol. The van der Waals surface area contributed by atoms with Crippen LogP contribution in [0.4, 0.5) is 17.2 Å². The Morgan fingerprint density at radius 2 is 1.76 bits per heavy atom. The Kier molecular flexibility index (Phi) is 6.90. The van der Waals surface area contributed by atoms with E-state index in [2.05, 4.69) is 21.1 Å². The third kappa shape index (κ3) is 6.33. The molecule has 0 bridgehead atoms. The van der Waals surface area contributed by atoms with Crippen molar-refractivity contribution in [2.75, 3.05) is 16.0 Å². The van der Waals surface area contributed by atoms with E-state index in [1.54, 1.807) is 13.0 Å². The van der Waals surface area contributed by atoms with Crippen molar-refractivity contribution in [1.29, 1.82) is 0 Å². The minimum absolute atomic E-state index is 0.141. The molecule has 3 aromatic rings. The normalized spacial score (nSPS) is 11.6. The van der Waals surface area contributed by atoms with Gasteiger partial charge in [-0.2, -0.15) is 0 Å². The Labute approximate surface area is 179 Å². The van der Waals surface area contributed by atoms with Crippen LogP contribution in [0.15, 0.2) is 64.0 Å². The summed E-state index contributed by atoms with van der Waals surface area (Å²) in [6.45, 7) is 5.66. The van der Waals surface area contributed by atoms with Crippen molar-refractivity contribution in [2.24, 2.45) is 0 Å². The highest BCUT2D eigenvalue weighted by atomic mass is 32.2. The van der Waals surface area contributed by atoms with Crippen molar-refractivity contribution in [3.05, 3.63) is 65.9 Å². The lowest BCUT2D eigenvalue weighted by molar-refractivity contribution is -0.115. The summed E-state index contributed by atoms with van der Waals surface area (Å²) in [5.74, 6) is 0.927. The zero-order valence-corrected chi connectivity index (χ0v) is 18.0. The van der Waals surface area contributed by atoms with E-state index in [0.717, 1.165) is 16.3 Å². The van der Waals surface area contributed by atoms with Crippen LogP contribution >= 0.6 is 24.0 Å². The molecule has 1 unspecified atom stereocenters. The molecule has 0 aliphatic rings. The summed E-state index contributed by atoms with van der Waals surface area (Å²) in [5.41, 5.74) is 2.96. The molecule has 1 aromatic heterocycles. The second kappa shape index (κ2) is 9.58. The summed E-state index contributed by atoms with van der Waals surface area (Å²) in [6.07, 6.45) is 0. The number of nitrogens with one attached hydrogen (secondary N) is 3. The first-order chi connectivity index (χ1) is 13.9. The lowest BCUT2D eigenvalue weighted by Gasteiger charge is -2.13. The number of aromatic nitrogens is 1. The van der Waals surface area contributed by atoms with Gasteiger partial charge in [0.1, 0.15) is 5.76 Å². The van der Waals surface area contributed by atoms with Crippen LogP contribution in [-0.4, -0.2) is 21.4 Å². The quantitative estimate of drug-likeness (QED) is 0.368. The smallest absolute Gasteiger partial charge is 0.238 e. The average Bonchev–Trinajstić information content (AvgIpc) is 3.08. The second-order valence-corrected chi connectivity index (χ2v) is 8.37. The Bertz CT molecular complexity index is 1000. The molecule has 3 N–H and O–H groups in total. The highest BCUT2D eigenvalue weighted by molar-refractivity contribution is 8.00. The molecule has 8 heteroatoms. The van der Waals surface area contributed by atoms with Gasteiger partial charge < -0.3 is 20.5 Å². The van der Waals surface area contributed by atoms with E-state index in [4.69, 9.17) is 16.7 Å². The number of hydrogen-bond acceptors (Lipinski definition) is 5. The van der Waals surface area contributed by atoms with Gasteiger partial charge in [0, 0.05) is 22.3 Å². The van der Waals surface area contributed by atoms with E-state index in [1.807, 2.05) is 62.4 Å². The summed E-state index contributed by atoms with van der Waals surface area (Å²) < 4.78 is 4.97. The molecular formula is C21H22N4O2S2. The third-order valence-corrected chi connectivity index (χ3v) is 5.26. The number of anilines is 3. The molecule has 6 nitrogen and oxygen atoms in total. The standard InChI is InChI=1S/C21H22N4O2S2/c1-13-7-9-16(10-8-13)22-21(28)23-17-5-4-6-18(12-17)29-15(3)20(26)24-19-11-14(2)27-25-19/h4-12,15H,1-3H3,(H2,22,23,28)(H,24,25,26). The summed E-state index contributed by atoms with van der Waals surface area (Å²) in [4.78, 5) is 13.3. The zero-order valence-electron chi connectivity index (χ0n) is 16.4. The topological polar surface area (TPSA) is 79.2 Å². The number of thiocarbonyl (C=S) groups is 1. The molecule has 0 saturated heterocycles. The maximum atomic E-state index is 12.4. The molecule has 3 rings (SSSR count). The number of aryl methyl sites for hydroxylation is 2. The maximum Gasteiger partial charge on any atom is 0.238 e. The van der Waals surface area contributed by atoms with Gasteiger partial charge in [0.2, 0.25) is 5.91 Å². The van der Waals surface area contributed by atoms with Gasteiger partial charge in [0.15, 0.2) is 10.9 Å². The number of nitrogens with zero attached hydrogens (tertiary/aromatic N) is 1. The van der Waals surface area contributed by atoms with Gasteiger partial charge in [0.25, 0.3) is 0 Å². The predicted molar refractivity (Wildman–Crippen MR) is 123 cm³/mol. The van der Waals surface area contributed by atoms with E-state index in [0.29, 0.717) is 16.7 Å². The van der Waals surface area contributed by atoms with Crippen molar-refractivity contribution in [3.63, 3.8) is 0 Å². The largest absolute Gasteiger partial charge is 0.360 e. The van der Waals surface area contributed by atoms with E-state index in [9.17, 15) is 4.79 Å². The number of benzene rings is 2. The van der Waals surface area contributed by atoms with Crippen LogP contribution in [0.1, 0.15) is 18.2 Å². The highest BCUT2D eigenvalue weighted by Gasteiger charge is 2.16. The first kappa shape index (κ1) is 20.9. The van der Waals surface area contributed by atoms with Crippen LogP contribution in [0.3, 0.4) is 0 Å². The Morgan fingerprint density at radius 1 is 1.03 bits per heavy atom. The Balaban J connectivity index is 1.56. The highest BCUT2D eigenvalue weighted by Crippen LogP contribution is 2.26. The fraction of sp³-hybridized carbons (Fsp3) is 0.190. The van der Waals surface area contributed by atoms with Crippen LogP contribution in [-0.2, 0) is 4.79 Å². The van der Waals surface area contributed by atoms with Gasteiger partial charge >= 0.3 is 0 Å². The number of thioether (sulfide) groups is 1. The summed E-state index contributed by atoms with van der Waals surface area (Å²) in [6, 6.07) is 17.4. The van der Waals surface area contributed by atoms with Crippen molar-refractivity contribution in [1.82, 2.24) is 5.16 Å².